The zero-order valence-corrected chi connectivity index (χ0v) is 17.8. The maximum absolute atomic E-state index is 12.3. The van der Waals surface area contributed by atoms with Crippen LogP contribution in [0.1, 0.15) is 30.4 Å². The lowest BCUT2D eigenvalue weighted by atomic mass is 10.1. The van der Waals surface area contributed by atoms with Crippen LogP contribution in [0.15, 0.2) is 53.4 Å². The van der Waals surface area contributed by atoms with Gasteiger partial charge >= 0.3 is 5.97 Å². The number of aliphatic hydroxyl groups excluding tert-OH is 1. The van der Waals surface area contributed by atoms with Gasteiger partial charge in [-0.25, -0.2) is 8.42 Å². The van der Waals surface area contributed by atoms with Crippen LogP contribution in [0.3, 0.4) is 0 Å². The van der Waals surface area contributed by atoms with Crippen LogP contribution in [0, 0.1) is 0 Å². The molecule has 2 aromatic rings. The first kappa shape index (κ1) is 22.1. The molecular weight excluding hydrogens is 402 g/mol. The van der Waals surface area contributed by atoms with Crippen LogP contribution in [-0.2, 0) is 19.4 Å². The van der Waals surface area contributed by atoms with Crippen LogP contribution in [0.25, 0.3) is 12.2 Å². The molecule has 0 saturated carbocycles. The van der Waals surface area contributed by atoms with Crippen LogP contribution >= 0.6 is 0 Å². The summed E-state index contributed by atoms with van der Waals surface area (Å²) in [7, 11) is -2.27. The van der Waals surface area contributed by atoms with Gasteiger partial charge in [-0.05, 0) is 48.2 Å². The number of hydrogen-bond acceptors (Lipinski definition) is 6. The van der Waals surface area contributed by atoms with Gasteiger partial charge in [-0.1, -0.05) is 36.4 Å². The fourth-order valence-electron chi connectivity index (χ4n) is 3.34. The molecule has 0 unspecified atom stereocenters. The predicted molar refractivity (Wildman–Crippen MR) is 118 cm³/mol. The van der Waals surface area contributed by atoms with Gasteiger partial charge in [0.2, 0.25) is 0 Å². The summed E-state index contributed by atoms with van der Waals surface area (Å²) in [6.45, 7) is 1.73. The molecule has 1 N–H and O–H groups in total. The Balaban J connectivity index is 1.60. The van der Waals surface area contributed by atoms with E-state index in [1.165, 1.54) is 7.11 Å². The normalized spacial score (nSPS) is 15.5. The van der Waals surface area contributed by atoms with Crippen molar-refractivity contribution in [2.75, 3.05) is 30.9 Å². The first-order valence-corrected chi connectivity index (χ1v) is 11.6. The molecule has 0 bridgehead atoms. The van der Waals surface area contributed by atoms with Gasteiger partial charge in [-0.3, -0.25) is 4.79 Å². The van der Waals surface area contributed by atoms with Crippen LogP contribution in [-0.4, -0.2) is 51.5 Å². The molecule has 0 aliphatic carbocycles. The topological polar surface area (TPSA) is 83.9 Å². The molecule has 7 heteroatoms. The summed E-state index contributed by atoms with van der Waals surface area (Å²) in [5.41, 5.74) is 3.09. The van der Waals surface area contributed by atoms with Gasteiger partial charge in [0.1, 0.15) is 0 Å². The quantitative estimate of drug-likeness (QED) is 0.538. The lowest BCUT2D eigenvalue weighted by molar-refractivity contribution is -0.140. The van der Waals surface area contributed by atoms with Gasteiger partial charge in [0.25, 0.3) is 0 Å². The molecule has 160 valence electrons. The summed E-state index contributed by atoms with van der Waals surface area (Å²) in [4.78, 5) is 13.7. The molecular formula is C23H27NO5S. The largest absolute Gasteiger partial charge is 0.469 e. The predicted octanol–water partition coefficient (Wildman–Crippen LogP) is 3.15. The number of methoxy groups -OCH3 is 1. The van der Waals surface area contributed by atoms with E-state index < -0.39 is 15.8 Å². The van der Waals surface area contributed by atoms with Crippen molar-refractivity contribution in [2.24, 2.45) is 0 Å². The Kier molecular flexibility index (Phi) is 7.29. The Morgan fingerprint density at radius 2 is 1.57 bits per heavy atom. The molecule has 0 radical (unpaired) electrons. The number of esters is 1. The molecule has 1 aliphatic heterocycles. The molecule has 1 aliphatic rings. The minimum atomic E-state index is -3.51. The summed E-state index contributed by atoms with van der Waals surface area (Å²) in [5, 5.41) is 9.63. The zero-order valence-electron chi connectivity index (χ0n) is 17.0. The molecule has 0 atom stereocenters. The lowest BCUT2D eigenvalue weighted by Crippen LogP contribution is -2.35. The molecule has 1 saturated heterocycles. The number of sulfone groups is 1. The van der Waals surface area contributed by atoms with E-state index in [2.05, 4.69) is 21.8 Å². The molecule has 1 heterocycles. The second-order valence-corrected chi connectivity index (χ2v) is 9.47. The molecule has 3 rings (SSSR count). The van der Waals surface area contributed by atoms with Crippen LogP contribution < -0.4 is 4.90 Å². The zero-order chi connectivity index (χ0) is 21.6. The Bertz CT molecular complexity index is 973. The number of hydrogen-bond donors (Lipinski definition) is 1. The van der Waals surface area contributed by atoms with Gasteiger partial charge in [-0.2, -0.15) is 0 Å². The number of nitrogens with zero attached hydrogens (tertiary/aromatic N) is 1. The van der Waals surface area contributed by atoms with Gasteiger partial charge in [0.15, 0.2) is 9.84 Å². The maximum atomic E-state index is 12.3. The Morgan fingerprint density at radius 1 is 1.03 bits per heavy atom. The molecule has 30 heavy (non-hydrogen) atoms. The van der Waals surface area contributed by atoms with Crippen molar-refractivity contribution in [1.29, 1.82) is 0 Å². The number of aliphatic hydroxyl groups is 1. The highest BCUT2D eigenvalue weighted by Gasteiger charge is 2.17. The van der Waals surface area contributed by atoms with Crippen molar-refractivity contribution < 1.29 is 23.1 Å². The summed E-state index contributed by atoms with van der Waals surface area (Å²) in [5.74, 6) is -0.806. The second kappa shape index (κ2) is 9.91. The third kappa shape index (κ3) is 5.93. The summed E-state index contributed by atoms with van der Waals surface area (Å²) >= 11 is 0. The number of piperidine rings is 1. The second-order valence-electron chi connectivity index (χ2n) is 7.36. The van der Waals surface area contributed by atoms with Crippen LogP contribution in [0.5, 0.6) is 0 Å². The molecule has 1 fully saturated rings. The van der Waals surface area contributed by atoms with E-state index in [0.717, 1.165) is 42.7 Å². The summed E-state index contributed by atoms with van der Waals surface area (Å²) in [6.07, 6.45) is 5.17. The summed E-state index contributed by atoms with van der Waals surface area (Å²) in [6, 6.07) is 14.8. The van der Waals surface area contributed by atoms with E-state index in [1.807, 2.05) is 24.3 Å². The first-order valence-electron chi connectivity index (χ1n) is 9.98. The first-order chi connectivity index (χ1) is 14.4. The van der Waals surface area contributed by atoms with Crippen molar-refractivity contribution in [2.45, 2.75) is 30.3 Å². The van der Waals surface area contributed by atoms with Crippen molar-refractivity contribution in [3.05, 3.63) is 59.7 Å². The van der Waals surface area contributed by atoms with E-state index in [9.17, 15) is 18.3 Å². The molecule has 6 nitrogen and oxygen atoms in total. The highest BCUT2D eigenvalue weighted by Crippen LogP contribution is 2.21. The molecule has 0 aromatic heterocycles. The van der Waals surface area contributed by atoms with E-state index in [4.69, 9.17) is 0 Å². The Labute approximate surface area is 177 Å². The van der Waals surface area contributed by atoms with Crippen molar-refractivity contribution in [1.82, 2.24) is 0 Å². The monoisotopic (exact) mass is 429 g/mol. The molecule has 0 amide bonds. The van der Waals surface area contributed by atoms with Crippen molar-refractivity contribution in [3.63, 3.8) is 0 Å². The number of benzene rings is 2. The van der Waals surface area contributed by atoms with E-state index >= 15 is 0 Å². The number of ether oxygens (including phenoxy) is 1. The summed E-state index contributed by atoms with van der Waals surface area (Å²) < 4.78 is 29.1. The number of anilines is 1. The Morgan fingerprint density at radius 3 is 2.10 bits per heavy atom. The average Bonchev–Trinajstić information content (AvgIpc) is 2.77. The molecule has 0 spiro atoms. The van der Waals surface area contributed by atoms with E-state index in [-0.39, 0.29) is 23.2 Å². The third-order valence-electron chi connectivity index (χ3n) is 5.23. The highest BCUT2D eigenvalue weighted by molar-refractivity contribution is 7.91. The number of carbonyl (C=O) groups is 1. The minimum absolute atomic E-state index is 0.158. The van der Waals surface area contributed by atoms with Gasteiger partial charge in [-0.15, -0.1) is 0 Å². The van der Waals surface area contributed by atoms with E-state index in [1.54, 1.807) is 24.3 Å². The van der Waals surface area contributed by atoms with Gasteiger partial charge < -0.3 is 14.7 Å². The lowest BCUT2D eigenvalue weighted by Gasteiger charge is -2.31. The SMILES string of the molecule is COC(=O)CCS(=O)(=O)c1ccc(C=Cc2ccc(N3CCC(O)CC3)cc2)cc1. The highest BCUT2D eigenvalue weighted by atomic mass is 32.2. The molecule has 2 aromatic carbocycles. The maximum Gasteiger partial charge on any atom is 0.306 e. The third-order valence-corrected chi connectivity index (χ3v) is 6.96. The van der Waals surface area contributed by atoms with Gasteiger partial charge in [0, 0.05) is 18.8 Å². The van der Waals surface area contributed by atoms with E-state index in [0.29, 0.717) is 0 Å². The van der Waals surface area contributed by atoms with Gasteiger partial charge in [0.05, 0.1) is 30.3 Å². The Hall–Kier alpha value is -2.64. The minimum Gasteiger partial charge on any atom is -0.469 e. The van der Waals surface area contributed by atoms with Crippen LogP contribution in [0.2, 0.25) is 0 Å². The average molecular weight is 430 g/mol. The smallest absolute Gasteiger partial charge is 0.306 e. The van der Waals surface area contributed by atoms with Crippen LogP contribution in [0.4, 0.5) is 5.69 Å². The fraction of sp³-hybridized carbons (Fsp3) is 0.348. The number of rotatable bonds is 7. The standard InChI is InChI=1S/C23H27NO5S/c1-29-23(26)14-17-30(27,28)22-10-6-19(7-11-22)3-2-18-4-8-20(9-5-18)24-15-12-21(25)13-16-24/h2-11,21,25H,12-17H2,1H3. The van der Waals surface area contributed by atoms with Crippen molar-refractivity contribution in [3.8, 4) is 0 Å². The van der Waals surface area contributed by atoms with Crippen molar-refractivity contribution >= 4 is 33.6 Å². The number of carbonyl (C=O) groups excluding carboxylic acids is 1. The fourth-order valence-corrected chi connectivity index (χ4v) is 4.56.